The number of likely N-dealkylation sites (N-methyl/N-ethyl adjacent to an activating group) is 1. The van der Waals surface area contributed by atoms with E-state index in [9.17, 15) is 9.59 Å². The first-order valence-electron chi connectivity index (χ1n) is 11.4. The zero-order valence-electron chi connectivity index (χ0n) is 19.4. The van der Waals surface area contributed by atoms with Crippen LogP contribution in [0.5, 0.6) is 0 Å². The molecule has 1 amide bonds. The summed E-state index contributed by atoms with van der Waals surface area (Å²) in [6.45, 7) is 5.94. The summed E-state index contributed by atoms with van der Waals surface area (Å²) < 4.78 is 3.33. The maximum atomic E-state index is 13.2. The minimum atomic E-state index is -0.0818. The molecule has 3 heterocycles. The maximum Gasteiger partial charge on any atom is 0.345 e. The van der Waals surface area contributed by atoms with Crippen molar-refractivity contribution in [2.24, 2.45) is 0 Å². The highest BCUT2D eigenvalue weighted by Crippen LogP contribution is 2.21. The first-order valence-corrected chi connectivity index (χ1v) is 11.4. The highest BCUT2D eigenvalue weighted by atomic mass is 16.2. The SMILES string of the molecule is CCc1ccc2nc(C)cc(C(=O)NC3CCc4nn(CCN(C)C)c(=O)n4CC3)c2c1. The lowest BCUT2D eigenvalue weighted by Crippen LogP contribution is -2.36. The van der Waals surface area contributed by atoms with Gasteiger partial charge in [-0.15, -0.1) is 0 Å². The summed E-state index contributed by atoms with van der Waals surface area (Å²) in [5, 5.41) is 8.64. The van der Waals surface area contributed by atoms with Crippen molar-refractivity contribution in [1.82, 2.24) is 29.5 Å². The van der Waals surface area contributed by atoms with Crippen LogP contribution in [-0.2, 0) is 25.9 Å². The Morgan fingerprint density at radius 3 is 2.81 bits per heavy atom. The fraction of sp³-hybridized carbons (Fsp3) is 0.500. The molecule has 4 rings (SSSR count). The smallest absolute Gasteiger partial charge is 0.345 e. The quantitative estimate of drug-likeness (QED) is 0.640. The predicted octanol–water partition coefficient (Wildman–Crippen LogP) is 2.16. The number of aryl methyl sites for hydroxylation is 3. The Hall–Kier alpha value is -3.00. The molecule has 1 aliphatic heterocycles. The molecule has 8 heteroatoms. The second-order valence-corrected chi connectivity index (χ2v) is 8.89. The normalized spacial score (nSPS) is 16.2. The first-order chi connectivity index (χ1) is 15.4. The molecule has 1 N–H and O–H groups in total. The van der Waals surface area contributed by atoms with Crippen molar-refractivity contribution in [3.63, 3.8) is 0 Å². The van der Waals surface area contributed by atoms with Gasteiger partial charge in [0, 0.05) is 36.6 Å². The van der Waals surface area contributed by atoms with Gasteiger partial charge in [-0.25, -0.2) is 9.48 Å². The van der Waals surface area contributed by atoms with Crippen molar-refractivity contribution < 1.29 is 4.79 Å². The summed E-state index contributed by atoms with van der Waals surface area (Å²) in [7, 11) is 3.96. The molecule has 1 unspecified atom stereocenters. The van der Waals surface area contributed by atoms with Gasteiger partial charge in [-0.2, -0.15) is 5.10 Å². The molecule has 0 aliphatic carbocycles. The van der Waals surface area contributed by atoms with Crippen LogP contribution < -0.4 is 11.0 Å². The highest BCUT2D eigenvalue weighted by molar-refractivity contribution is 6.06. The Labute approximate surface area is 188 Å². The van der Waals surface area contributed by atoms with Crippen LogP contribution in [-0.4, -0.2) is 56.8 Å². The Morgan fingerprint density at radius 2 is 2.06 bits per heavy atom. The lowest BCUT2D eigenvalue weighted by Gasteiger charge is -2.17. The zero-order valence-corrected chi connectivity index (χ0v) is 19.4. The largest absolute Gasteiger partial charge is 0.349 e. The van der Waals surface area contributed by atoms with Gasteiger partial charge < -0.3 is 10.2 Å². The number of aromatic nitrogens is 4. The van der Waals surface area contributed by atoms with Crippen LogP contribution in [0.4, 0.5) is 0 Å². The molecule has 0 spiro atoms. The molecule has 32 heavy (non-hydrogen) atoms. The van der Waals surface area contributed by atoms with Gasteiger partial charge in [0.15, 0.2) is 0 Å². The number of nitrogens with zero attached hydrogens (tertiary/aromatic N) is 5. The highest BCUT2D eigenvalue weighted by Gasteiger charge is 2.23. The summed E-state index contributed by atoms with van der Waals surface area (Å²) in [5.74, 6) is 0.727. The Balaban J connectivity index is 1.50. The fourth-order valence-corrected chi connectivity index (χ4v) is 4.29. The van der Waals surface area contributed by atoms with Gasteiger partial charge in [0.2, 0.25) is 0 Å². The van der Waals surface area contributed by atoms with Crippen molar-refractivity contribution >= 4 is 16.8 Å². The summed E-state index contributed by atoms with van der Waals surface area (Å²) in [5.41, 5.74) is 3.45. The Kier molecular flexibility index (Phi) is 6.41. The molecular formula is C24H32N6O2. The molecule has 0 radical (unpaired) electrons. The van der Waals surface area contributed by atoms with Crippen molar-refractivity contribution in [2.45, 2.75) is 58.7 Å². The van der Waals surface area contributed by atoms with E-state index in [0.29, 0.717) is 31.5 Å². The number of pyridine rings is 1. The molecule has 0 saturated carbocycles. The minimum absolute atomic E-state index is 0.00305. The van der Waals surface area contributed by atoms with E-state index in [1.807, 2.05) is 38.1 Å². The monoisotopic (exact) mass is 436 g/mol. The molecule has 1 aliphatic rings. The van der Waals surface area contributed by atoms with E-state index in [-0.39, 0.29) is 17.6 Å². The second kappa shape index (κ2) is 9.24. The Bertz CT molecular complexity index is 1190. The van der Waals surface area contributed by atoms with E-state index in [2.05, 4.69) is 34.5 Å². The van der Waals surface area contributed by atoms with E-state index in [4.69, 9.17) is 0 Å². The standard InChI is InChI=1S/C24H32N6O2/c1-5-17-6-8-21-19(15-17)20(14-16(2)25-21)23(31)26-18-7-9-22-27-30(13-12-28(3)4)24(32)29(22)11-10-18/h6,8,14-15,18H,5,7,9-13H2,1-4H3,(H,26,31). The molecule has 0 saturated heterocycles. The Morgan fingerprint density at radius 1 is 1.25 bits per heavy atom. The van der Waals surface area contributed by atoms with Gasteiger partial charge in [0.25, 0.3) is 5.91 Å². The van der Waals surface area contributed by atoms with Crippen LogP contribution in [0.15, 0.2) is 29.1 Å². The van der Waals surface area contributed by atoms with Crippen molar-refractivity contribution in [3.8, 4) is 0 Å². The van der Waals surface area contributed by atoms with E-state index in [1.54, 1.807) is 9.25 Å². The number of rotatable bonds is 6. The van der Waals surface area contributed by atoms with E-state index < -0.39 is 0 Å². The molecule has 1 atom stereocenters. The van der Waals surface area contributed by atoms with E-state index >= 15 is 0 Å². The van der Waals surface area contributed by atoms with Crippen molar-refractivity contribution in [1.29, 1.82) is 0 Å². The molecule has 0 bridgehead atoms. The number of nitrogens with one attached hydrogen (secondary N) is 1. The number of hydrogen-bond acceptors (Lipinski definition) is 5. The number of hydrogen-bond donors (Lipinski definition) is 1. The lowest BCUT2D eigenvalue weighted by molar-refractivity contribution is 0.0934. The van der Waals surface area contributed by atoms with E-state index in [1.165, 1.54) is 5.56 Å². The van der Waals surface area contributed by atoms with E-state index in [0.717, 1.165) is 41.8 Å². The lowest BCUT2D eigenvalue weighted by atomic mass is 10.0. The summed E-state index contributed by atoms with van der Waals surface area (Å²) in [6.07, 6.45) is 3.05. The third-order valence-electron chi connectivity index (χ3n) is 6.17. The average molecular weight is 437 g/mol. The van der Waals surface area contributed by atoms with Gasteiger partial charge in [0.05, 0.1) is 17.6 Å². The van der Waals surface area contributed by atoms with Gasteiger partial charge >= 0.3 is 5.69 Å². The van der Waals surface area contributed by atoms with Crippen LogP contribution in [0.3, 0.4) is 0 Å². The van der Waals surface area contributed by atoms with Crippen LogP contribution in [0.1, 0.15) is 47.2 Å². The van der Waals surface area contributed by atoms with Gasteiger partial charge in [-0.3, -0.25) is 14.3 Å². The summed E-state index contributed by atoms with van der Waals surface area (Å²) >= 11 is 0. The second-order valence-electron chi connectivity index (χ2n) is 8.89. The number of carbonyl (C=O) groups is 1. The number of amides is 1. The topological polar surface area (TPSA) is 85.1 Å². The first kappa shape index (κ1) is 22.2. The summed E-state index contributed by atoms with van der Waals surface area (Å²) in [6, 6.07) is 7.98. The van der Waals surface area contributed by atoms with Crippen LogP contribution >= 0.6 is 0 Å². The molecule has 1 aromatic carbocycles. The van der Waals surface area contributed by atoms with Gasteiger partial charge in [0.1, 0.15) is 5.82 Å². The molecule has 2 aromatic heterocycles. The third kappa shape index (κ3) is 4.60. The predicted molar refractivity (Wildman–Crippen MR) is 125 cm³/mol. The molecule has 3 aromatic rings. The third-order valence-corrected chi connectivity index (χ3v) is 6.17. The van der Waals surface area contributed by atoms with Crippen molar-refractivity contribution in [2.75, 3.05) is 20.6 Å². The molecule has 0 fully saturated rings. The molecule has 8 nitrogen and oxygen atoms in total. The van der Waals surface area contributed by atoms with Crippen LogP contribution in [0.25, 0.3) is 10.9 Å². The fourth-order valence-electron chi connectivity index (χ4n) is 4.29. The number of carbonyl (C=O) groups excluding carboxylic acids is 1. The van der Waals surface area contributed by atoms with Gasteiger partial charge in [-0.05, 0) is 64.0 Å². The number of fused-ring (bicyclic) bond motifs is 2. The zero-order chi connectivity index (χ0) is 22.8. The van der Waals surface area contributed by atoms with Crippen LogP contribution in [0, 0.1) is 6.92 Å². The van der Waals surface area contributed by atoms with Crippen molar-refractivity contribution in [3.05, 3.63) is 57.4 Å². The average Bonchev–Trinajstić information content (AvgIpc) is 2.93. The minimum Gasteiger partial charge on any atom is -0.349 e. The van der Waals surface area contributed by atoms with Gasteiger partial charge in [-0.1, -0.05) is 13.0 Å². The molecular weight excluding hydrogens is 404 g/mol. The van der Waals surface area contributed by atoms with Crippen LogP contribution in [0.2, 0.25) is 0 Å². The molecule has 170 valence electrons. The number of benzene rings is 1. The maximum absolute atomic E-state index is 13.2. The summed E-state index contributed by atoms with van der Waals surface area (Å²) in [4.78, 5) is 32.6.